The number of nitrogens with one attached hydrogen (secondary N) is 1. The second-order valence-electron chi connectivity index (χ2n) is 6.25. The highest BCUT2D eigenvalue weighted by Crippen LogP contribution is 2.30. The minimum Gasteiger partial charge on any atom is -0.493 e. The van der Waals surface area contributed by atoms with Crippen molar-refractivity contribution in [1.82, 2.24) is 4.31 Å². The number of hydrogen-bond donors (Lipinski definition) is 1. The molecule has 0 heterocycles. The summed E-state index contributed by atoms with van der Waals surface area (Å²) in [5.74, 6) is 0.784. The number of benzene rings is 2. The van der Waals surface area contributed by atoms with Crippen LogP contribution in [0.1, 0.15) is 19.4 Å². The molecule has 11 nitrogen and oxygen atoms in total. The van der Waals surface area contributed by atoms with E-state index >= 15 is 0 Å². The fourth-order valence-corrected chi connectivity index (χ4v) is 4.42. The van der Waals surface area contributed by atoms with Crippen molar-refractivity contribution < 1.29 is 22.8 Å². The lowest BCUT2D eigenvalue weighted by atomic mass is 10.2. The zero-order valence-corrected chi connectivity index (χ0v) is 18.6. The van der Waals surface area contributed by atoms with Gasteiger partial charge in [-0.15, -0.1) is 0 Å². The molecule has 0 aliphatic heterocycles. The molecule has 1 N–H and O–H groups in total. The normalized spacial score (nSPS) is 11.3. The topological polar surface area (TPSA) is 147 Å². The molecule has 0 amide bonds. The highest BCUT2D eigenvalue weighted by molar-refractivity contribution is 7.89. The molecule has 0 saturated carbocycles. The Bertz CT molecular complexity index is 1140. The van der Waals surface area contributed by atoms with E-state index in [0.717, 1.165) is 6.07 Å². The van der Waals surface area contributed by atoms with Crippen LogP contribution in [-0.2, 0) is 10.0 Å². The van der Waals surface area contributed by atoms with Gasteiger partial charge in [0.2, 0.25) is 10.0 Å². The van der Waals surface area contributed by atoms with Crippen LogP contribution in [0.4, 0.5) is 11.4 Å². The third-order valence-electron chi connectivity index (χ3n) is 4.38. The molecule has 0 radical (unpaired) electrons. The van der Waals surface area contributed by atoms with E-state index in [1.165, 1.54) is 29.8 Å². The molecule has 2 aromatic rings. The van der Waals surface area contributed by atoms with Crippen LogP contribution in [0.15, 0.2) is 46.4 Å². The summed E-state index contributed by atoms with van der Waals surface area (Å²) < 4.78 is 37.7. The lowest BCUT2D eigenvalue weighted by molar-refractivity contribution is -0.385. The fraction of sp³-hybridized carbons (Fsp3) is 0.300. The zero-order valence-electron chi connectivity index (χ0n) is 17.8. The van der Waals surface area contributed by atoms with Crippen molar-refractivity contribution >= 4 is 27.6 Å². The van der Waals surface area contributed by atoms with Gasteiger partial charge in [-0.2, -0.15) is 14.7 Å². The number of hydrogen-bond acceptors (Lipinski definition) is 9. The average molecular weight is 462 g/mol. The number of anilines is 1. The van der Waals surface area contributed by atoms with Gasteiger partial charge in [0, 0.05) is 25.2 Å². The highest BCUT2D eigenvalue weighted by atomic mass is 32.2. The van der Waals surface area contributed by atoms with E-state index in [1.807, 2.05) is 6.07 Å². The van der Waals surface area contributed by atoms with Gasteiger partial charge in [0.1, 0.15) is 11.0 Å². The van der Waals surface area contributed by atoms with Gasteiger partial charge >= 0.3 is 0 Å². The molecule has 0 fully saturated rings. The first-order chi connectivity index (χ1) is 15.3. The maximum absolute atomic E-state index is 13.0. The van der Waals surface area contributed by atoms with Crippen LogP contribution in [-0.4, -0.2) is 50.7 Å². The third kappa shape index (κ3) is 5.71. The van der Waals surface area contributed by atoms with E-state index in [2.05, 4.69) is 10.5 Å². The Balaban J connectivity index is 2.36. The Labute approximate surface area is 186 Å². The summed E-state index contributed by atoms with van der Waals surface area (Å²) in [5, 5.41) is 23.9. The van der Waals surface area contributed by atoms with Gasteiger partial charge in [0.05, 0.1) is 23.9 Å². The van der Waals surface area contributed by atoms with Crippen LogP contribution < -0.4 is 14.9 Å². The summed E-state index contributed by atoms with van der Waals surface area (Å²) >= 11 is 0. The molecule has 0 aliphatic carbocycles. The predicted molar refractivity (Wildman–Crippen MR) is 119 cm³/mol. The number of nitrogens with zero attached hydrogens (tertiary/aromatic N) is 4. The minimum absolute atomic E-state index is 0.0969. The fourth-order valence-electron chi connectivity index (χ4n) is 2.80. The number of hydrazone groups is 1. The van der Waals surface area contributed by atoms with Gasteiger partial charge in [0.25, 0.3) is 5.69 Å². The summed E-state index contributed by atoms with van der Waals surface area (Å²) in [7, 11) is -2.53. The number of nitriles is 1. The average Bonchev–Trinajstić information content (AvgIpc) is 2.78. The molecule has 2 aromatic carbocycles. The van der Waals surface area contributed by atoms with Crippen molar-refractivity contribution in [2.45, 2.75) is 18.7 Å². The molecule has 0 aromatic heterocycles. The number of methoxy groups -OCH3 is 1. The van der Waals surface area contributed by atoms with E-state index in [-0.39, 0.29) is 36.0 Å². The van der Waals surface area contributed by atoms with Gasteiger partial charge in [0.15, 0.2) is 18.1 Å². The van der Waals surface area contributed by atoms with Crippen LogP contribution >= 0.6 is 0 Å². The summed E-state index contributed by atoms with van der Waals surface area (Å²) in [6.07, 6.45) is 1.42. The van der Waals surface area contributed by atoms with Gasteiger partial charge < -0.3 is 9.47 Å². The quantitative estimate of drug-likeness (QED) is 0.305. The molecular formula is C20H23N5O6S. The van der Waals surface area contributed by atoms with Crippen molar-refractivity contribution in [3.05, 3.63) is 52.1 Å². The highest BCUT2D eigenvalue weighted by Gasteiger charge is 2.27. The van der Waals surface area contributed by atoms with Crippen molar-refractivity contribution in [2.24, 2.45) is 5.10 Å². The number of ether oxygens (including phenoxy) is 2. The molecule has 0 aliphatic rings. The van der Waals surface area contributed by atoms with E-state index in [4.69, 9.17) is 14.7 Å². The van der Waals surface area contributed by atoms with Crippen molar-refractivity contribution in [3.8, 4) is 17.6 Å². The molecule has 2 rings (SSSR count). The molecule has 0 bridgehead atoms. The number of nitro benzene ring substituents is 1. The first kappa shape index (κ1) is 24.6. The molecule has 32 heavy (non-hydrogen) atoms. The summed E-state index contributed by atoms with van der Waals surface area (Å²) in [4.78, 5) is 10.3. The second-order valence-corrected chi connectivity index (χ2v) is 8.16. The van der Waals surface area contributed by atoms with Crippen molar-refractivity contribution in [3.63, 3.8) is 0 Å². The Morgan fingerprint density at radius 3 is 2.53 bits per heavy atom. The van der Waals surface area contributed by atoms with Gasteiger partial charge in [-0.3, -0.25) is 15.5 Å². The summed E-state index contributed by atoms with van der Waals surface area (Å²) in [6, 6.07) is 10.3. The number of sulfonamides is 1. The first-order valence-corrected chi connectivity index (χ1v) is 11.0. The van der Waals surface area contributed by atoms with Gasteiger partial charge in [-0.1, -0.05) is 13.8 Å². The zero-order chi connectivity index (χ0) is 23.7. The van der Waals surface area contributed by atoms with E-state index in [1.54, 1.807) is 32.0 Å². The summed E-state index contributed by atoms with van der Waals surface area (Å²) in [5.41, 5.74) is 3.01. The Kier molecular flexibility index (Phi) is 8.51. The van der Waals surface area contributed by atoms with Crippen molar-refractivity contribution in [1.29, 1.82) is 5.26 Å². The number of non-ortho nitro benzene ring substituents is 1. The Hall–Kier alpha value is -3.69. The van der Waals surface area contributed by atoms with Gasteiger partial charge in [-0.05, 0) is 29.8 Å². The SMILES string of the molecule is CCN(CC)S(=O)(=O)c1cc([N+](=O)[O-])ccc1N/N=C/c1ccc(OCC#N)c(OC)c1. The largest absolute Gasteiger partial charge is 0.493 e. The van der Waals surface area contributed by atoms with E-state index in [0.29, 0.717) is 17.1 Å². The number of nitro groups is 1. The van der Waals surface area contributed by atoms with Crippen LogP contribution in [0, 0.1) is 21.4 Å². The lowest BCUT2D eigenvalue weighted by Crippen LogP contribution is -2.31. The molecule has 0 saturated heterocycles. The Morgan fingerprint density at radius 1 is 1.22 bits per heavy atom. The standard InChI is InChI=1S/C20H23N5O6S/c1-4-24(5-2)32(28,29)20-13-16(25(26)27)7-8-17(20)23-22-14-15-6-9-18(31-11-10-21)19(12-15)30-3/h6-9,12-14,23H,4-5,11H2,1-3H3/b22-14+. The molecule has 0 atom stereocenters. The van der Waals surface area contributed by atoms with E-state index in [9.17, 15) is 18.5 Å². The lowest BCUT2D eigenvalue weighted by Gasteiger charge is -2.20. The van der Waals surface area contributed by atoms with Gasteiger partial charge in [-0.25, -0.2) is 8.42 Å². The third-order valence-corrected chi connectivity index (χ3v) is 6.47. The monoisotopic (exact) mass is 461 g/mol. The molecular weight excluding hydrogens is 438 g/mol. The maximum atomic E-state index is 13.0. The predicted octanol–water partition coefficient (Wildman–Crippen LogP) is 2.98. The molecule has 12 heteroatoms. The van der Waals surface area contributed by atoms with Crippen LogP contribution in [0.3, 0.4) is 0 Å². The minimum atomic E-state index is -3.98. The smallest absolute Gasteiger partial charge is 0.270 e. The first-order valence-electron chi connectivity index (χ1n) is 9.53. The molecule has 0 spiro atoms. The second kappa shape index (κ2) is 11.1. The van der Waals surface area contributed by atoms with Crippen LogP contribution in [0.5, 0.6) is 11.5 Å². The number of rotatable bonds is 11. The molecule has 170 valence electrons. The molecule has 0 unspecified atom stereocenters. The van der Waals surface area contributed by atoms with Crippen LogP contribution in [0.25, 0.3) is 0 Å². The van der Waals surface area contributed by atoms with Crippen molar-refractivity contribution in [2.75, 3.05) is 32.2 Å². The van der Waals surface area contributed by atoms with Crippen LogP contribution in [0.2, 0.25) is 0 Å². The van der Waals surface area contributed by atoms with E-state index < -0.39 is 14.9 Å². The maximum Gasteiger partial charge on any atom is 0.270 e. The Morgan fingerprint density at radius 2 is 1.94 bits per heavy atom. The summed E-state index contributed by atoms with van der Waals surface area (Å²) in [6.45, 7) is 3.66.